The zero-order valence-electron chi connectivity index (χ0n) is 34.3. The van der Waals surface area contributed by atoms with E-state index in [1.807, 2.05) is 0 Å². The van der Waals surface area contributed by atoms with Crippen LogP contribution in [0.25, 0.3) is 126 Å². The van der Waals surface area contributed by atoms with Gasteiger partial charge < -0.3 is 0 Å². The number of aromatic nitrogens is 2. The molecular formula is C61H38N2. The van der Waals surface area contributed by atoms with Gasteiger partial charge in [0.2, 0.25) is 0 Å². The third-order valence-corrected chi connectivity index (χ3v) is 13.2. The van der Waals surface area contributed by atoms with Gasteiger partial charge in [0.25, 0.3) is 0 Å². The van der Waals surface area contributed by atoms with Crippen LogP contribution >= 0.6 is 0 Å². The van der Waals surface area contributed by atoms with Crippen LogP contribution in [0, 0.1) is 0 Å². The Labute approximate surface area is 364 Å². The second kappa shape index (κ2) is 14.1. The fraction of sp³-hybridized carbons (Fsp3) is 0. The van der Waals surface area contributed by atoms with Crippen LogP contribution in [0.15, 0.2) is 231 Å². The van der Waals surface area contributed by atoms with Crippen molar-refractivity contribution in [2.24, 2.45) is 0 Å². The van der Waals surface area contributed by atoms with E-state index in [0.717, 1.165) is 33.7 Å². The second-order valence-electron chi connectivity index (χ2n) is 16.7. The van der Waals surface area contributed by atoms with Crippen LogP contribution < -0.4 is 0 Å². The van der Waals surface area contributed by atoms with Crippen LogP contribution in [0.5, 0.6) is 0 Å². The molecule has 0 bridgehead atoms. The molecular weight excluding hydrogens is 761 g/mol. The summed E-state index contributed by atoms with van der Waals surface area (Å²) in [7, 11) is 0. The smallest absolute Gasteiger partial charge is 0.145 e. The molecule has 63 heavy (non-hydrogen) atoms. The Morgan fingerprint density at radius 1 is 0.238 bits per heavy atom. The van der Waals surface area contributed by atoms with E-state index in [-0.39, 0.29) is 0 Å². The topological polar surface area (TPSA) is 17.8 Å². The van der Waals surface area contributed by atoms with E-state index < -0.39 is 0 Å². The zero-order valence-corrected chi connectivity index (χ0v) is 34.3. The van der Waals surface area contributed by atoms with Crippen molar-refractivity contribution in [2.45, 2.75) is 0 Å². The molecule has 0 amide bonds. The van der Waals surface area contributed by atoms with Gasteiger partial charge in [0.15, 0.2) is 0 Å². The molecule has 0 unspecified atom stereocenters. The van der Waals surface area contributed by atoms with Gasteiger partial charge in [0.1, 0.15) is 5.82 Å². The molecule has 0 saturated heterocycles. The Hall–Kier alpha value is -8.33. The van der Waals surface area contributed by atoms with E-state index in [0.29, 0.717) is 0 Å². The van der Waals surface area contributed by atoms with Gasteiger partial charge in [0, 0.05) is 11.3 Å². The predicted molar refractivity (Wildman–Crippen MR) is 268 cm³/mol. The maximum Gasteiger partial charge on any atom is 0.145 e. The lowest BCUT2D eigenvalue weighted by molar-refractivity contribution is 1.10. The first-order chi connectivity index (χ1) is 31.2. The van der Waals surface area contributed by atoms with Gasteiger partial charge in [-0.15, -0.1) is 0 Å². The summed E-state index contributed by atoms with van der Waals surface area (Å²) in [6, 6.07) is 84.1. The summed E-state index contributed by atoms with van der Waals surface area (Å²) in [4.78, 5) is 5.38. The summed E-state index contributed by atoms with van der Waals surface area (Å²) in [6.07, 6.45) is 0. The van der Waals surface area contributed by atoms with Gasteiger partial charge in [0.05, 0.1) is 11.0 Å². The SMILES string of the molecule is c1ccc(-c2ccc3c(c2)nc(-c2ccc(-c4ccc5c6ccccc6c6ccccc6c5c4)cc2)n3-c2ccc(-c3ccc4c5ccccc5c5ccccc5c4c3)cc2)cc1. The van der Waals surface area contributed by atoms with Crippen LogP contribution in [-0.4, -0.2) is 9.55 Å². The van der Waals surface area contributed by atoms with E-state index in [1.165, 1.54) is 92.5 Å². The number of nitrogens with zero attached hydrogens (tertiary/aromatic N) is 2. The van der Waals surface area contributed by atoms with Crippen molar-refractivity contribution >= 4 is 75.7 Å². The molecule has 2 heteroatoms. The molecule has 0 atom stereocenters. The van der Waals surface area contributed by atoms with E-state index in [2.05, 4.69) is 235 Å². The number of hydrogen-bond donors (Lipinski definition) is 0. The van der Waals surface area contributed by atoms with Gasteiger partial charge in [-0.25, -0.2) is 4.98 Å². The van der Waals surface area contributed by atoms with E-state index >= 15 is 0 Å². The monoisotopic (exact) mass is 798 g/mol. The van der Waals surface area contributed by atoms with E-state index in [9.17, 15) is 0 Å². The summed E-state index contributed by atoms with van der Waals surface area (Å²) in [5.41, 5.74) is 11.2. The first-order valence-electron chi connectivity index (χ1n) is 21.7. The van der Waals surface area contributed by atoms with Crippen LogP contribution in [0.2, 0.25) is 0 Å². The minimum Gasteiger partial charge on any atom is -0.292 e. The van der Waals surface area contributed by atoms with Crippen LogP contribution in [0.1, 0.15) is 0 Å². The fourth-order valence-corrected chi connectivity index (χ4v) is 10.1. The minimum absolute atomic E-state index is 0.912. The van der Waals surface area contributed by atoms with Gasteiger partial charge in [-0.05, 0) is 134 Å². The lowest BCUT2D eigenvalue weighted by atomic mass is 9.92. The number of benzene rings is 12. The minimum atomic E-state index is 0.912. The molecule has 0 spiro atoms. The first kappa shape index (κ1) is 35.4. The standard InChI is InChI=1S/C61H38N2/c1-2-12-39(13-3-1)45-30-35-60-59(38-45)62-61(42-24-22-40(23-25-42)43-28-33-55-51-18-6-4-14-47(51)49-16-8-10-20-53(49)57(55)36-43)63(60)46-31-26-41(27-32-46)44-29-34-56-52-19-7-5-15-48(52)50-17-9-11-21-54(50)58(56)37-44/h1-38H. The fourth-order valence-electron chi connectivity index (χ4n) is 10.1. The van der Waals surface area contributed by atoms with E-state index in [1.54, 1.807) is 0 Å². The molecule has 292 valence electrons. The normalized spacial score (nSPS) is 11.8. The molecule has 0 saturated carbocycles. The molecule has 13 aromatic rings. The van der Waals surface area contributed by atoms with Crippen molar-refractivity contribution in [3.05, 3.63) is 231 Å². The number of fused-ring (bicyclic) bond motifs is 13. The summed E-state index contributed by atoms with van der Waals surface area (Å²) >= 11 is 0. The number of rotatable bonds is 5. The van der Waals surface area contributed by atoms with Gasteiger partial charge in [-0.3, -0.25) is 4.57 Å². The lowest BCUT2D eigenvalue weighted by Gasteiger charge is -2.14. The van der Waals surface area contributed by atoms with Gasteiger partial charge in [-0.2, -0.15) is 0 Å². The van der Waals surface area contributed by atoms with Gasteiger partial charge in [-0.1, -0.05) is 194 Å². The highest BCUT2D eigenvalue weighted by Crippen LogP contribution is 2.40. The molecule has 1 heterocycles. The van der Waals surface area contributed by atoms with E-state index in [4.69, 9.17) is 4.98 Å². The lowest BCUT2D eigenvalue weighted by Crippen LogP contribution is -1.98. The summed E-state index contributed by atoms with van der Waals surface area (Å²) in [6.45, 7) is 0. The van der Waals surface area contributed by atoms with Crippen molar-refractivity contribution in [3.8, 4) is 50.5 Å². The van der Waals surface area contributed by atoms with Crippen LogP contribution in [-0.2, 0) is 0 Å². The van der Waals surface area contributed by atoms with Crippen LogP contribution in [0.3, 0.4) is 0 Å². The highest BCUT2D eigenvalue weighted by Gasteiger charge is 2.17. The van der Waals surface area contributed by atoms with Crippen molar-refractivity contribution in [2.75, 3.05) is 0 Å². The van der Waals surface area contributed by atoms with Crippen LogP contribution in [0.4, 0.5) is 0 Å². The molecule has 0 aliphatic carbocycles. The molecule has 1 aromatic heterocycles. The van der Waals surface area contributed by atoms with Crippen molar-refractivity contribution < 1.29 is 0 Å². The molecule has 0 radical (unpaired) electrons. The molecule has 0 fully saturated rings. The average Bonchev–Trinajstić information content (AvgIpc) is 3.75. The zero-order chi connectivity index (χ0) is 41.4. The molecule has 12 aromatic carbocycles. The van der Waals surface area contributed by atoms with Gasteiger partial charge >= 0.3 is 0 Å². The molecule has 0 aliphatic heterocycles. The third-order valence-electron chi connectivity index (χ3n) is 13.2. The maximum atomic E-state index is 5.38. The highest BCUT2D eigenvalue weighted by atomic mass is 15.1. The molecule has 2 nitrogen and oxygen atoms in total. The molecule has 0 aliphatic rings. The first-order valence-corrected chi connectivity index (χ1v) is 21.7. The Morgan fingerprint density at radius 3 is 1.05 bits per heavy atom. The highest BCUT2D eigenvalue weighted by molar-refractivity contribution is 6.27. The molecule has 13 rings (SSSR count). The maximum absolute atomic E-state index is 5.38. The van der Waals surface area contributed by atoms with Crippen molar-refractivity contribution in [1.82, 2.24) is 9.55 Å². The predicted octanol–water partition coefficient (Wildman–Crippen LogP) is 16.6. The Balaban J connectivity index is 0.919. The quantitative estimate of drug-likeness (QED) is 0.159. The third kappa shape index (κ3) is 5.69. The summed E-state index contributed by atoms with van der Waals surface area (Å²) < 4.78 is 2.32. The Morgan fingerprint density at radius 2 is 0.571 bits per heavy atom. The van der Waals surface area contributed by atoms with Crippen molar-refractivity contribution in [1.29, 1.82) is 0 Å². The summed E-state index contributed by atoms with van der Waals surface area (Å²) in [5, 5.41) is 15.4. The number of imidazole rings is 1. The largest absolute Gasteiger partial charge is 0.292 e. The number of hydrogen-bond acceptors (Lipinski definition) is 1. The Kier molecular flexibility index (Phi) is 7.94. The van der Waals surface area contributed by atoms with Crippen molar-refractivity contribution in [3.63, 3.8) is 0 Å². The molecule has 0 N–H and O–H groups in total. The average molecular weight is 799 g/mol. The second-order valence-corrected chi connectivity index (χ2v) is 16.7. The Bertz CT molecular complexity index is 3860. The summed E-state index contributed by atoms with van der Waals surface area (Å²) in [5.74, 6) is 0.912.